The minimum absolute atomic E-state index is 0.145. The Morgan fingerprint density at radius 1 is 1.19 bits per heavy atom. The molecule has 2 aromatic heterocycles. The van der Waals surface area contributed by atoms with Crippen molar-refractivity contribution < 1.29 is 4.39 Å². The zero-order valence-electron chi connectivity index (χ0n) is 11.5. The third kappa shape index (κ3) is 2.74. The molecule has 3 rings (SSSR count). The Balaban J connectivity index is 1.88. The van der Waals surface area contributed by atoms with Gasteiger partial charge >= 0.3 is 0 Å². The predicted molar refractivity (Wildman–Crippen MR) is 77.9 cm³/mol. The third-order valence-electron chi connectivity index (χ3n) is 3.12. The van der Waals surface area contributed by atoms with Gasteiger partial charge in [-0.3, -0.25) is 4.68 Å². The lowest BCUT2D eigenvalue weighted by molar-refractivity contribution is 0.608. The fourth-order valence-corrected chi connectivity index (χ4v) is 2.05. The van der Waals surface area contributed by atoms with Gasteiger partial charge < -0.3 is 5.73 Å². The Morgan fingerprint density at radius 2 is 1.95 bits per heavy atom. The second-order valence-corrected chi connectivity index (χ2v) is 4.74. The number of nitrogens with two attached hydrogens (primary N) is 1. The lowest BCUT2D eigenvalue weighted by atomic mass is 10.2. The molecule has 1 aromatic carbocycles. The topological polar surface area (TPSA) is 69.6 Å². The normalized spacial score (nSPS) is 10.8. The van der Waals surface area contributed by atoms with Gasteiger partial charge in [-0.05, 0) is 12.5 Å². The molecule has 0 spiro atoms. The number of nitrogen functional groups attached to an aromatic ring is 1. The molecule has 21 heavy (non-hydrogen) atoms. The van der Waals surface area contributed by atoms with Crippen molar-refractivity contribution in [3.05, 3.63) is 59.8 Å². The third-order valence-corrected chi connectivity index (χ3v) is 3.12. The van der Waals surface area contributed by atoms with E-state index >= 15 is 0 Å². The summed E-state index contributed by atoms with van der Waals surface area (Å²) in [5, 5.41) is 4.27. The molecule has 0 fully saturated rings. The summed E-state index contributed by atoms with van der Waals surface area (Å²) in [6.07, 6.45) is 3.47. The van der Waals surface area contributed by atoms with Gasteiger partial charge in [0.1, 0.15) is 0 Å². The number of aromatic nitrogens is 4. The van der Waals surface area contributed by atoms with E-state index in [1.165, 1.54) is 0 Å². The molecule has 5 nitrogen and oxygen atoms in total. The van der Waals surface area contributed by atoms with Crippen LogP contribution in [0.25, 0.3) is 11.4 Å². The minimum Gasteiger partial charge on any atom is -0.381 e. The molecule has 0 aliphatic heterocycles. The second kappa shape index (κ2) is 5.32. The molecule has 0 saturated heterocycles. The van der Waals surface area contributed by atoms with Crippen LogP contribution in [0.5, 0.6) is 0 Å². The quantitative estimate of drug-likeness (QED) is 0.801. The van der Waals surface area contributed by atoms with Crippen LogP contribution in [0.1, 0.15) is 11.3 Å². The fraction of sp³-hybridized carbons (Fsp3) is 0.133. The maximum atomic E-state index is 13.4. The number of aryl methyl sites for hydroxylation is 1. The Bertz CT molecular complexity index is 744. The lowest BCUT2D eigenvalue weighted by Gasteiger charge is -2.03. The average Bonchev–Trinajstić information content (AvgIpc) is 2.94. The van der Waals surface area contributed by atoms with Crippen LogP contribution < -0.4 is 5.73 Å². The molecule has 6 heteroatoms. The van der Waals surface area contributed by atoms with E-state index in [-0.39, 0.29) is 11.5 Å². The van der Waals surface area contributed by atoms with Crippen LogP contribution in [-0.4, -0.2) is 19.7 Å². The molecule has 0 saturated carbocycles. The molecule has 0 aliphatic rings. The summed E-state index contributed by atoms with van der Waals surface area (Å²) < 4.78 is 15.2. The van der Waals surface area contributed by atoms with Gasteiger partial charge in [0, 0.05) is 6.20 Å². The summed E-state index contributed by atoms with van der Waals surface area (Å²) in [5.74, 6) is -0.338. The SMILES string of the molecule is Cc1nc(-c2cnn(Cc3ccccc3)c2)nc(N)c1F. The van der Waals surface area contributed by atoms with Crippen LogP contribution in [-0.2, 0) is 6.54 Å². The molecule has 0 bridgehead atoms. The zero-order chi connectivity index (χ0) is 14.8. The van der Waals surface area contributed by atoms with E-state index in [0.717, 1.165) is 5.56 Å². The molecule has 2 heterocycles. The summed E-state index contributed by atoms with van der Waals surface area (Å²) in [7, 11) is 0. The zero-order valence-corrected chi connectivity index (χ0v) is 11.5. The highest BCUT2D eigenvalue weighted by Gasteiger charge is 2.11. The van der Waals surface area contributed by atoms with Crippen molar-refractivity contribution in [2.75, 3.05) is 5.73 Å². The van der Waals surface area contributed by atoms with Crippen LogP contribution in [0.2, 0.25) is 0 Å². The van der Waals surface area contributed by atoms with Crippen LogP contribution >= 0.6 is 0 Å². The highest BCUT2D eigenvalue weighted by atomic mass is 19.1. The number of hydrogen-bond donors (Lipinski definition) is 1. The Kier molecular flexibility index (Phi) is 3.35. The van der Waals surface area contributed by atoms with Gasteiger partial charge in [-0.1, -0.05) is 30.3 Å². The summed E-state index contributed by atoms with van der Waals surface area (Å²) in [4.78, 5) is 8.07. The Labute approximate surface area is 121 Å². The first kappa shape index (κ1) is 13.2. The maximum absolute atomic E-state index is 13.4. The molecule has 3 aromatic rings. The molecule has 0 unspecified atom stereocenters. The number of anilines is 1. The fourth-order valence-electron chi connectivity index (χ4n) is 2.05. The van der Waals surface area contributed by atoms with Crippen molar-refractivity contribution in [3.8, 4) is 11.4 Å². The van der Waals surface area contributed by atoms with Crippen molar-refractivity contribution >= 4 is 5.82 Å². The van der Waals surface area contributed by atoms with Crippen LogP contribution in [0.4, 0.5) is 10.2 Å². The largest absolute Gasteiger partial charge is 0.381 e. The first-order chi connectivity index (χ1) is 10.1. The summed E-state index contributed by atoms with van der Waals surface area (Å²) in [6.45, 7) is 2.21. The lowest BCUT2D eigenvalue weighted by Crippen LogP contribution is -2.02. The van der Waals surface area contributed by atoms with E-state index < -0.39 is 5.82 Å². The molecular formula is C15H14FN5. The number of hydrogen-bond acceptors (Lipinski definition) is 4. The molecule has 0 aliphatic carbocycles. The highest BCUT2D eigenvalue weighted by molar-refractivity contribution is 5.55. The molecular weight excluding hydrogens is 269 g/mol. The first-order valence-electron chi connectivity index (χ1n) is 6.50. The molecule has 0 atom stereocenters. The molecule has 0 radical (unpaired) electrons. The van der Waals surface area contributed by atoms with Gasteiger partial charge in [0.05, 0.1) is 24.0 Å². The van der Waals surface area contributed by atoms with Gasteiger partial charge in [-0.2, -0.15) is 5.10 Å². The van der Waals surface area contributed by atoms with Gasteiger partial charge in [0.15, 0.2) is 17.5 Å². The van der Waals surface area contributed by atoms with Crippen LogP contribution in [0.15, 0.2) is 42.7 Å². The van der Waals surface area contributed by atoms with Crippen LogP contribution in [0.3, 0.4) is 0 Å². The number of halogens is 1. The summed E-state index contributed by atoms with van der Waals surface area (Å²) in [6, 6.07) is 9.98. The number of benzene rings is 1. The van der Waals surface area contributed by atoms with Gasteiger partial charge in [0.25, 0.3) is 0 Å². The maximum Gasteiger partial charge on any atom is 0.186 e. The predicted octanol–water partition coefficient (Wildman–Crippen LogP) is 2.42. The second-order valence-electron chi connectivity index (χ2n) is 4.74. The van der Waals surface area contributed by atoms with E-state index in [1.807, 2.05) is 36.5 Å². The molecule has 106 valence electrons. The number of rotatable bonds is 3. The van der Waals surface area contributed by atoms with Crippen molar-refractivity contribution in [2.45, 2.75) is 13.5 Å². The van der Waals surface area contributed by atoms with E-state index in [2.05, 4.69) is 15.1 Å². The van der Waals surface area contributed by atoms with Crippen molar-refractivity contribution in [1.82, 2.24) is 19.7 Å². The average molecular weight is 283 g/mol. The van der Waals surface area contributed by atoms with E-state index in [4.69, 9.17) is 5.73 Å². The Morgan fingerprint density at radius 3 is 2.67 bits per heavy atom. The highest BCUT2D eigenvalue weighted by Crippen LogP contribution is 2.19. The smallest absolute Gasteiger partial charge is 0.186 e. The molecule has 2 N–H and O–H groups in total. The van der Waals surface area contributed by atoms with Gasteiger partial charge in [0.2, 0.25) is 0 Å². The van der Waals surface area contributed by atoms with Crippen molar-refractivity contribution in [2.24, 2.45) is 0 Å². The van der Waals surface area contributed by atoms with Gasteiger partial charge in [-0.15, -0.1) is 0 Å². The van der Waals surface area contributed by atoms with Crippen molar-refractivity contribution in [1.29, 1.82) is 0 Å². The minimum atomic E-state index is -0.574. The van der Waals surface area contributed by atoms with Crippen molar-refractivity contribution in [3.63, 3.8) is 0 Å². The van der Waals surface area contributed by atoms with E-state index in [0.29, 0.717) is 17.9 Å². The monoisotopic (exact) mass is 283 g/mol. The van der Waals surface area contributed by atoms with Crippen LogP contribution in [0, 0.1) is 12.7 Å². The summed E-state index contributed by atoms with van der Waals surface area (Å²) >= 11 is 0. The standard InChI is InChI=1S/C15H14FN5/c1-10-13(16)14(17)20-15(19-10)12-7-18-21(9-12)8-11-5-3-2-4-6-11/h2-7,9H,8H2,1H3,(H2,17,19,20). The Hall–Kier alpha value is -2.76. The van der Waals surface area contributed by atoms with Gasteiger partial charge in [-0.25, -0.2) is 14.4 Å². The summed E-state index contributed by atoms with van der Waals surface area (Å²) in [5.41, 5.74) is 7.62. The van der Waals surface area contributed by atoms with E-state index in [1.54, 1.807) is 17.8 Å². The number of nitrogens with zero attached hydrogens (tertiary/aromatic N) is 4. The van der Waals surface area contributed by atoms with E-state index in [9.17, 15) is 4.39 Å². The molecule has 0 amide bonds. The first-order valence-corrected chi connectivity index (χ1v) is 6.50.